The number of hydrazine groups is 1. The fourth-order valence-corrected chi connectivity index (χ4v) is 4.64. The number of hydrogen-bond acceptors (Lipinski definition) is 9. The Bertz CT molecular complexity index is 1110. The maximum absolute atomic E-state index is 9.94. The Hall–Kier alpha value is -3.61. The van der Waals surface area contributed by atoms with E-state index in [2.05, 4.69) is 16.9 Å². The highest BCUT2D eigenvalue weighted by molar-refractivity contribution is 5.51. The molecule has 0 saturated carbocycles. The van der Waals surface area contributed by atoms with Crippen LogP contribution in [0.25, 0.3) is 0 Å². The molecule has 2 aromatic rings. The van der Waals surface area contributed by atoms with Crippen LogP contribution in [0.3, 0.4) is 0 Å². The van der Waals surface area contributed by atoms with E-state index >= 15 is 0 Å². The molecule has 9 heteroatoms. The Morgan fingerprint density at radius 2 is 1.91 bits per heavy atom. The molecule has 3 heterocycles. The summed E-state index contributed by atoms with van der Waals surface area (Å²) in [5.41, 5.74) is 14.9. The zero-order chi connectivity index (χ0) is 22.2. The van der Waals surface area contributed by atoms with E-state index in [4.69, 9.17) is 29.4 Å². The van der Waals surface area contributed by atoms with Crippen LogP contribution in [-0.2, 0) is 4.74 Å². The molecule has 3 aliphatic heterocycles. The number of rotatable bonds is 5. The summed E-state index contributed by atoms with van der Waals surface area (Å²) in [5, 5.41) is 9.94. The molecule has 0 bridgehead atoms. The smallest absolute Gasteiger partial charge is 0.231 e. The fraction of sp³-hybridized carbons (Fsp3) is 0.348. The summed E-state index contributed by atoms with van der Waals surface area (Å²) >= 11 is 0. The van der Waals surface area contributed by atoms with Gasteiger partial charge < -0.3 is 29.4 Å². The van der Waals surface area contributed by atoms with Crippen LogP contribution in [0, 0.1) is 17.2 Å². The minimum Gasteiger partial charge on any atom is -0.493 e. The van der Waals surface area contributed by atoms with Crippen molar-refractivity contribution in [3.8, 4) is 29.1 Å². The third-order valence-corrected chi connectivity index (χ3v) is 6.05. The molecule has 0 spiro atoms. The van der Waals surface area contributed by atoms with Gasteiger partial charge in [-0.2, -0.15) is 5.26 Å². The molecule has 0 aliphatic carbocycles. The number of allylic oxidation sites excluding steroid dienone is 1. The van der Waals surface area contributed by atoms with Gasteiger partial charge in [0, 0.05) is 11.8 Å². The Morgan fingerprint density at radius 3 is 2.69 bits per heavy atom. The molecule has 0 amide bonds. The Labute approximate surface area is 185 Å². The predicted octanol–water partition coefficient (Wildman–Crippen LogP) is 2.42. The van der Waals surface area contributed by atoms with Crippen molar-refractivity contribution in [1.29, 1.82) is 5.26 Å². The first-order chi connectivity index (χ1) is 15.6. The van der Waals surface area contributed by atoms with Crippen LogP contribution in [0.15, 0.2) is 47.9 Å². The van der Waals surface area contributed by atoms with E-state index in [9.17, 15) is 5.26 Å². The standard InChI is InChI=1S/C23H24N4O5/c1-3-29-15-7-5-13(9-17(15)28-2)21-20-19(12-4-6-16-18(8-12)31-11-30-16)14(10-24)22(25)32-23(20)27-26-21/h4-9,19-21,23,26-27H,3,11,25H2,1-2H3. The topological polar surface area (TPSA) is 120 Å². The molecule has 166 valence electrons. The molecule has 4 N–H and O–H groups in total. The molecule has 1 saturated heterocycles. The fourth-order valence-electron chi connectivity index (χ4n) is 4.64. The van der Waals surface area contributed by atoms with Crippen molar-refractivity contribution in [3.05, 3.63) is 59.0 Å². The second-order valence-corrected chi connectivity index (χ2v) is 7.71. The molecule has 0 radical (unpaired) electrons. The van der Waals surface area contributed by atoms with Crippen molar-refractivity contribution in [3.63, 3.8) is 0 Å². The molecule has 4 unspecified atom stereocenters. The lowest BCUT2D eigenvalue weighted by Gasteiger charge is -2.36. The Morgan fingerprint density at radius 1 is 1.09 bits per heavy atom. The van der Waals surface area contributed by atoms with E-state index in [1.165, 1.54) is 0 Å². The minimum atomic E-state index is -0.426. The van der Waals surface area contributed by atoms with Crippen molar-refractivity contribution in [1.82, 2.24) is 10.9 Å². The molecule has 2 aromatic carbocycles. The highest BCUT2D eigenvalue weighted by Gasteiger charge is 2.49. The maximum Gasteiger partial charge on any atom is 0.231 e. The van der Waals surface area contributed by atoms with Crippen molar-refractivity contribution in [2.45, 2.75) is 25.1 Å². The molecular formula is C23H24N4O5. The van der Waals surface area contributed by atoms with Crippen LogP contribution in [0.5, 0.6) is 23.0 Å². The molecule has 5 rings (SSSR count). The highest BCUT2D eigenvalue weighted by atomic mass is 16.7. The van der Waals surface area contributed by atoms with Gasteiger partial charge in [0.2, 0.25) is 12.7 Å². The summed E-state index contributed by atoms with van der Waals surface area (Å²) in [5.74, 6) is 2.29. The van der Waals surface area contributed by atoms with Crippen molar-refractivity contribution >= 4 is 0 Å². The zero-order valence-corrected chi connectivity index (χ0v) is 17.8. The second kappa shape index (κ2) is 8.15. The maximum atomic E-state index is 9.94. The minimum absolute atomic E-state index is 0.121. The van der Waals surface area contributed by atoms with Crippen LogP contribution in [-0.4, -0.2) is 26.7 Å². The van der Waals surface area contributed by atoms with Gasteiger partial charge in [0.15, 0.2) is 29.2 Å². The highest BCUT2D eigenvalue weighted by Crippen LogP contribution is 2.49. The third-order valence-electron chi connectivity index (χ3n) is 6.05. The lowest BCUT2D eigenvalue weighted by molar-refractivity contribution is 0.0340. The van der Waals surface area contributed by atoms with Crippen molar-refractivity contribution < 1.29 is 23.7 Å². The van der Waals surface area contributed by atoms with Gasteiger partial charge in [0.25, 0.3) is 0 Å². The average Bonchev–Trinajstić information content (AvgIpc) is 3.45. The molecule has 32 heavy (non-hydrogen) atoms. The number of nitrogens with zero attached hydrogens (tertiary/aromatic N) is 1. The second-order valence-electron chi connectivity index (χ2n) is 7.71. The monoisotopic (exact) mass is 436 g/mol. The van der Waals surface area contributed by atoms with Crippen LogP contribution < -0.4 is 35.5 Å². The van der Waals surface area contributed by atoms with Gasteiger partial charge in [-0.1, -0.05) is 12.1 Å². The number of methoxy groups -OCH3 is 1. The van der Waals surface area contributed by atoms with Gasteiger partial charge in [-0.3, -0.25) is 0 Å². The van der Waals surface area contributed by atoms with Gasteiger partial charge in [0.05, 0.1) is 25.3 Å². The molecule has 1 fully saturated rings. The van der Waals surface area contributed by atoms with E-state index in [-0.39, 0.29) is 30.6 Å². The summed E-state index contributed by atoms with van der Waals surface area (Å²) in [6.45, 7) is 2.65. The SMILES string of the molecule is CCOc1ccc(C2NNC3OC(N)=C(C#N)C(c4ccc5c(c4)OCO5)C32)cc1OC. The van der Waals surface area contributed by atoms with E-state index in [0.717, 1.165) is 11.1 Å². The Kier molecular flexibility index (Phi) is 5.17. The van der Waals surface area contributed by atoms with Gasteiger partial charge in [-0.25, -0.2) is 10.9 Å². The van der Waals surface area contributed by atoms with Gasteiger partial charge >= 0.3 is 0 Å². The average molecular weight is 436 g/mol. The van der Waals surface area contributed by atoms with Gasteiger partial charge in [-0.15, -0.1) is 0 Å². The van der Waals surface area contributed by atoms with Gasteiger partial charge in [0.1, 0.15) is 6.07 Å². The van der Waals surface area contributed by atoms with Crippen molar-refractivity contribution in [2.24, 2.45) is 11.7 Å². The Balaban J connectivity index is 1.57. The molecule has 3 aliphatic rings. The van der Waals surface area contributed by atoms with Crippen LogP contribution in [0.1, 0.15) is 30.0 Å². The van der Waals surface area contributed by atoms with E-state index in [0.29, 0.717) is 35.2 Å². The molecule has 9 nitrogen and oxygen atoms in total. The third kappa shape index (κ3) is 3.25. The zero-order valence-electron chi connectivity index (χ0n) is 17.8. The van der Waals surface area contributed by atoms with E-state index in [1.807, 2.05) is 43.3 Å². The number of nitrogens with one attached hydrogen (secondary N) is 2. The number of fused-ring (bicyclic) bond motifs is 2. The molecule has 0 aromatic heterocycles. The van der Waals surface area contributed by atoms with Crippen molar-refractivity contribution in [2.75, 3.05) is 20.5 Å². The van der Waals surface area contributed by atoms with Gasteiger partial charge in [-0.05, 0) is 42.3 Å². The largest absolute Gasteiger partial charge is 0.493 e. The number of nitriles is 1. The normalized spacial score (nSPS) is 25.7. The summed E-state index contributed by atoms with van der Waals surface area (Å²) in [6, 6.07) is 13.6. The first-order valence-electron chi connectivity index (χ1n) is 10.4. The number of nitrogens with two attached hydrogens (primary N) is 1. The summed E-state index contributed by atoms with van der Waals surface area (Å²) in [6.07, 6.45) is -0.426. The molecule has 4 atom stereocenters. The lowest BCUT2D eigenvalue weighted by atomic mass is 9.74. The molecular weight excluding hydrogens is 412 g/mol. The predicted molar refractivity (Wildman–Crippen MR) is 114 cm³/mol. The van der Waals surface area contributed by atoms with Crippen LogP contribution in [0.4, 0.5) is 0 Å². The number of hydrogen-bond donors (Lipinski definition) is 3. The first-order valence-corrected chi connectivity index (χ1v) is 10.4. The van der Waals surface area contributed by atoms with Crippen LogP contribution >= 0.6 is 0 Å². The summed E-state index contributed by atoms with van der Waals surface area (Å²) in [4.78, 5) is 0. The summed E-state index contributed by atoms with van der Waals surface area (Å²) < 4.78 is 28.1. The number of benzene rings is 2. The quantitative estimate of drug-likeness (QED) is 0.649. The first kappa shape index (κ1) is 20.3. The van der Waals surface area contributed by atoms with E-state index < -0.39 is 6.23 Å². The number of ether oxygens (including phenoxy) is 5. The van der Waals surface area contributed by atoms with Crippen LogP contribution in [0.2, 0.25) is 0 Å². The summed E-state index contributed by atoms with van der Waals surface area (Å²) in [7, 11) is 1.61. The lowest BCUT2D eigenvalue weighted by Crippen LogP contribution is -2.40. The van der Waals surface area contributed by atoms with E-state index in [1.54, 1.807) is 7.11 Å².